The molecule has 0 unspecified atom stereocenters. The van der Waals surface area contributed by atoms with Crippen LogP contribution in [0.2, 0.25) is 0 Å². The molecular formula is C22H19N3O2. The van der Waals surface area contributed by atoms with Gasteiger partial charge in [0.25, 0.3) is 0 Å². The number of benzene rings is 2. The summed E-state index contributed by atoms with van der Waals surface area (Å²) in [4.78, 5) is 30.1. The highest BCUT2D eigenvalue weighted by atomic mass is 16.2. The van der Waals surface area contributed by atoms with E-state index in [1.165, 1.54) is 6.08 Å². The van der Waals surface area contributed by atoms with E-state index in [-0.39, 0.29) is 11.8 Å². The van der Waals surface area contributed by atoms with Crippen molar-refractivity contribution < 1.29 is 9.59 Å². The number of para-hydroxylation sites is 1. The Kier molecular flexibility index (Phi) is 4.42. The number of pyridine rings is 1. The van der Waals surface area contributed by atoms with Gasteiger partial charge in [-0.25, -0.2) is 0 Å². The molecule has 2 aromatic carbocycles. The Morgan fingerprint density at radius 3 is 2.85 bits per heavy atom. The maximum Gasteiger partial charge on any atom is 0.248 e. The molecule has 0 bridgehead atoms. The molecule has 2 amide bonds. The van der Waals surface area contributed by atoms with Crippen molar-refractivity contribution in [1.82, 2.24) is 4.98 Å². The summed E-state index contributed by atoms with van der Waals surface area (Å²) in [6.07, 6.45) is 5.83. The first-order valence-corrected chi connectivity index (χ1v) is 8.86. The van der Waals surface area contributed by atoms with Crippen LogP contribution in [0.5, 0.6) is 0 Å². The first kappa shape index (κ1) is 17.0. The van der Waals surface area contributed by atoms with E-state index in [2.05, 4.69) is 10.3 Å². The van der Waals surface area contributed by atoms with Crippen LogP contribution < -0.4 is 10.2 Å². The quantitative estimate of drug-likeness (QED) is 0.725. The third kappa shape index (κ3) is 3.44. The summed E-state index contributed by atoms with van der Waals surface area (Å²) < 4.78 is 0. The average Bonchev–Trinajstić information content (AvgIpc) is 3.10. The van der Waals surface area contributed by atoms with Crippen molar-refractivity contribution in [3.05, 3.63) is 71.9 Å². The van der Waals surface area contributed by atoms with Crippen LogP contribution in [0.4, 0.5) is 11.4 Å². The molecule has 4 rings (SSSR count). The van der Waals surface area contributed by atoms with Crippen LogP contribution in [0.1, 0.15) is 18.1 Å². The predicted octanol–water partition coefficient (Wildman–Crippen LogP) is 3.80. The van der Waals surface area contributed by atoms with Gasteiger partial charge >= 0.3 is 0 Å². The van der Waals surface area contributed by atoms with Crippen LogP contribution in [0.3, 0.4) is 0 Å². The molecule has 0 radical (unpaired) electrons. The molecule has 0 spiro atoms. The number of amides is 2. The number of hydrogen-bond acceptors (Lipinski definition) is 3. The van der Waals surface area contributed by atoms with E-state index in [1.807, 2.05) is 48.5 Å². The number of fused-ring (bicyclic) bond motifs is 2. The summed E-state index contributed by atoms with van der Waals surface area (Å²) in [6, 6.07) is 15.4. The predicted molar refractivity (Wildman–Crippen MR) is 108 cm³/mol. The van der Waals surface area contributed by atoms with Gasteiger partial charge in [-0.1, -0.05) is 24.3 Å². The van der Waals surface area contributed by atoms with Crippen molar-refractivity contribution in [3.8, 4) is 0 Å². The molecule has 1 aliphatic heterocycles. The van der Waals surface area contributed by atoms with E-state index in [0.717, 1.165) is 39.8 Å². The number of aromatic nitrogens is 1. The molecule has 3 aromatic rings. The van der Waals surface area contributed by atoms with Crippen LogP contribution in [0.15, 0.2) is 60.8 Å². The van der Waals surface area contributed by atoms with Crippen molar-refractivity contribution in [1.29, 1.82) is 0 Å². The molecule has 2 heterocycles. The second kappa shape index (κ2) is 7.03. The number of nitrogens with zero attached hydrogens (tertiary/aromatic N) is 2. The highest BCUT2D eigenvalue weighted by Gasteiger charge is 2.22. The molecule has 0 atom stereocenters. The first-order chi connectivity index (χ1) is 13.1. The zero-order valence-corrected chi connectivity index (χ0v) is 15.0. The van der Waals surface area contributed by atoms with Gasteiger partial charge in [0.15, 0.2) is 0 Å². The summed E-state index contributed by atoms with van der Waals surface area (Å²) in [6.45, 7) is 2.26. The molecule has 1 N–H and O–H groups in total. The highest BCUT2D eigenvalue weighted by molar-refractivity contribution is 6.03. The third-order valence-corrected chi connectivity index (χ3v) is 4.70. The van der Waals surface area contributed by atoms with Crippen LogP contribution in [-0.2, 0) is 16.0 Å². The Balaban J connectivity index is 1.50. The molecular weight excluding hydrogens is 338 g/mol. The molecule has 0 fully saturated rings. The van der Waals surface area contributed by atoms with Crippen molar-refractivity contribution in [2.75, 3.05) is 16.8 Å². The van der Waals surface area contributed by atoms with E-state index < -0.39 is 0 Å². The second-order valence-electron chi connectivity index (χ2n) is 6.51. The fourth-order valence-corrected chi connectivity index (χ4v) is 3.42. The van der Waals surface area contributed by atoms with Crippen molar-refractivity contribution >= 4 is 40.2 Å². The molecule has 1 aromatic heterocycles. The maximum atomic E-state index is 12.3. The van der Waals surface area contributed by atoms with Gasteiger partial charge < -0.3 is 10.2 Å². The van der Waals surface area contributed by atoms with Crippen molar-refractivity contribution in [2.24, 2.45) is 0 Å². The van der Waals surface area contributed by atoms with Gasteiger partial charge in [-0.05, 0) is 42.3 Å². The number of nitrogens with one attached hydrogen (secondary N) is 1. The fourth-order valence-electron chi connectivity index (χ4n) is 3.42. The lowest BCUT2D eigenvalue weighted by molar-refractivity contribution is -0.116. The first-order valence-electron chi connectivity index (χ1n) is 8.86. The summed E-state index contributed by atoms with van der Waals surface area (Å²) in [5.41, 5.74) is 4.49. The maximum absolute atomic E-state index is 12.3. The lowest BCUT2D eigenvalue weighted by Crippen LogP contribution is -2.25. The van der Waals surface area contributed by atoms with E-state index in [9.17, 15) is 9.59 Å². The van der Waals surface area contributed by atoms with Gasteiger partial charge in [-0.3, -0.25) is 14.6 Å². The van der Waals surface area contributed by atoms with E-state index in [1.54, 1.807) is 24.1 Å². The number of carbonyl (C=O) groups is 2. The summed E-state index contributed by atoms with van der Waals surface area (Å²) >= 11 is 0. The van der Waals surface area contributed by atoms with Gasteiger partial charge in [0.1, 0.15) is 0 Å². The largest absolute Gasteiger partial charge is 0.323 e. The molecule has 134 valence electrons. The monoisotopic (exact) mass is 357 g/mol. The second-order valence-corrected chi connectivity index (χ2v) is 6.51. The Morgan fingerprint density at radius 2 is 2.00 bits per heavy atom. The molecule has 5 heteroatoms. The minimum absolute atomic E-state index is 0.0390. The molecule has 0 aliphatic carbocycles. The molecule has 0 saturated carbocycles. The standard InChI is InChI=1S/C22H19N3O2/c1-15(26)25-13-11-18-14-19(8-9-20(18)25)24-21(27)10-7-17-5-2-4-16-6-3-12-23-22(16)17/h2-10,12,14H,11,13H2,1H3,(H,24,27)/b10-7+. The Bertz CT molecular complexity index is 1070. The summed E-state index contributed by atoms with van der Waals surface area (Å²) in [7, 11) is 0. The van der Waals surface area contributed by atoms with Crippen molar-refractivity contribution in [2.45, 2.75) is 13.3 Å². The highest BCUT2D eigenvalue weighted by Crippen LogP contribution is 2.30. The van der Waals surface area contributed by atoms with E-state index in [0.29, 0.717) is 6.54 Å². The zero-order chi connectivity index (χ0) is 18.8. The number of rotatable bonds is 3. The van der Waals surface area contributed by atoms with E-state index >= 15 is 0 Å². The third-order valence-electron chi connectivity index (χ3n) is 4.70. The molecule has 27 heavy (non-hydrogen) atoms. The number of hydrogen-bond donors (Lipinski definition) is 1. The SMILES string of the molecule is CC(=O)N1CCc2cc(NC(=O)/C=C/c3cccc4cccnc34)ccc21. The van der Waals surface area contributed by atoms with Crippen LogP contribution in [0.25, 0.3) is 17.0 Å². The van der Waals surface area contributed by atoms with E-state index in [4.69, 9.17) is 0 Å². The lowest BCUT2D eigenvalue weighted by atomic mass is 10.1. The van der Waals surface area contributed by atoms with Crippen LogP contribution in [0, 0.1) is 0 Å². The van der Waals surface area contributed by atoms with Crippen LogP contribution in [-0.4, -0.2) is 23.3 Å². The number of carbonyl (C=O) groups excluding carboxylic acids is 2. The smallest absolute Gasteiger partial charge is 0.248 e. The Hall–Kier alpha value is -3.47. The molecule has 0 saturated heterocycles. The fraction of sp³-hybridized carbons (Fsp3) is 0.136. The average molecular weight is 357 g/mol. The normalized spacial score (nSPS) is 13.1. The van der Waals surface area contributed by atoms with Crippen molar-refractivity contribution in [3.63, 3.8) is 0 Å². The van der Waals surface area contributed by atoms with Gasteiger partial charge in [-0.15, -0.1) is 0 Å². The van der Waals surface area contributed by atoms with Crippen LogP contribution >= 0.6 is 0 Å². The van der Waals surface area contributed by atoms with Gasteiger partial charge in [0.05, 0.1) is 5.52 Å². The molecule has 1 aliphatic rings. The van der Waals surface area contributed by atoms with Gasteiger partial charge in [-0.2, -0.15) is 0 Å². The minimum atomic E-state index is -0.204. The lowest BCUT2D eigenvalue weighted by Gasteiger charge is -2.14. The zero-order valence-electron chi connectivity index (χ0n) is 15.0. The summed E-state index contributed by atoms with van der Waals surface area (Å²) in [5.74, 6) is -0.165. The summed E-state index contributed by atoms with van der Waals surface area (Å²) in [5, 5.41) is 3.92. The Labute approximate surface area is 157 Å². The Morgan fingerprint density at radius 1 is 1.15 bits per heavy atom. The van der Waals surface area contributed by atoms with Gasteiger partial charge in [0.2, 0.25) is 11.8 Å². The topological polar surface area (TPSA) is 62.3 Å². The van der Waals surface area contributed by atoms with Gasteiger partial charge in [0, 0.05) is 48.1 Å². The minimum Gasteiger partial charge on any atom is -0.323 e. The molecule has 5 nitrogen and oxygen atoms in total. The number of anilines is 2.